The first-order valence-electron chi connectivity index (χ1n) is 10.9. The number of Topliss-reactive ketones (excluding diaryl/α,β-unsaturated/α-hetero) is 1. The van der Waals surface area contributed by atoms with Gasteiger partial charge in [-0.2, -0.15) is 0 Å². The number of methoxy groups -OCH3 is 1. The van der Waals surface area contributed by atoms with E-state index in [2.05, 4.69) is 0 Å². The van der Waals surface area contributed by atoms with Gasteiger partial charge in [-0.15, -0.1) is 0 Å². The van der Waals surface area contributed by atoms with Crippen LogP contribution in [0.15, 0.2) is 64.6 Å². The average molecular weight is 462 g/mol. The standard InChI is InChI=1S/C27H27NO6/c1-15-10-12-21(34-15)23-22(25(31)26(32)28(23)18-8-6-7-9-19(18)29)24(30)16-11-13-20(33-5)17(14-16)27(2,3)4/h6-14,23,29-30H,1-5H3/b24-22-. The lowest BCUT2D eigenvalue weighted by molar-refractivity contribution is -0.132. The second-order valence-electron chi connectivity index (χ2n) is 9.27. The number of amides is 1. The normalized spacial score (nSPS) is 17.9. The Kier molecular flexibility index (Phi) is 5.73. The minimum atomic E-state index is -1.05. The van der Waals surface area contributed by atoms with Crippen LogP contribution in [0.1, 0.15) is 49.5 Å². The van der Waals surface area contributed by atoms with E-state index >= 15 is 0 Å². The van der Waals surface area contributed by atoms with E-state index in [1.165, 1.54) is 12.1 Å². The van der Waals surface area contributed by atoms with Gasteiger partial charge in [-0.1, -0.05) is 32.9 Å². The third kappa shape index (κ3) is 3.83. The van der Waals surface area contributed by atoms with Gasteiger partial charge in [0.1, 0.15) is 34.8 Å². The summed E-state index contributed by atoms with van der Waals surface area (Å²) >= 11 is 0. The number of benzene rings is 2. The number of hydrogen-bond acceptors (Lipinski definition) is 6. The first-order valence-corrected chi connectivity index (χ1v) is 10.9. The topological polar surface area (TPSA) is 100 Å². The quantitative estimate of drug-likeness (QED) is 0.314. The predicted octanol–water partition coefficient (Wildman–Crippen LogP) is 5.23. The van der Waals surface area contributed by atoms with Gasteiger partial charge in [-0.3, -0.25) is 14.5 Å². The molecule has 0 spiro atoms. The summed E-state index contributed by atoms with van der Waals surface area (Å²) in [5, 5.41) is 21.8. The number of aliphatic hydroxyl groups excluding tert-OH is 1. The summed E-state index contributed by atoms with van der Waals surface area (Å²) < 4.78 is 11.3. The zero-order valence-corrected chi connectivity index (χ0v) is 19.7. The van der Waals surface area contributed by atoms with Gasteiger partial charge in [0.25, 0.3) is 11.7 Å². The summed E-state index contributed by atoms with van der Waals surface area (Å²) in [7, 11) is 1.57. The number of hydrogen-bond donors (Lipinski definition) is 2. The van der Waals surface area contributed by atoms with Gasteiger partial charge in [0.2, 0.25) is 0 Å². The smallest absolute Gasteiger partial charge is 0.300 e. The van der Waals surface area contributed by atoms with Crippen LogP contribution in [0.2, 0.25) is 0 Å². The van der Waals surface area contributed by atoms with Gasteiger partial charge in [-0.05, 0) is 54.8 Å². The lowest BCUT2D eigenvalue weighted by Gasteiger charge is -2.25. The van der Waals surface area contributed by atoms with Crippen molar-refractivity contribution in [3.05, 3.63) is 82.8 Å². The zero-order valence-electron chi connectivity index (χ0n) is 19.7. The fraction of sp³-hybridized carbons (Fsp3) is 0.259. The molecule has 1 saturated heterocycles. The molecule has 0 radical (unpaired) electrons. The number of furan rings is 1. The Labute approximate surface area is 197 Å². The maximum Gasteiger partial charge on any atom is 0.300 e. The van der Waals surface area contributed by atoms with E-state index in [1.807, 2.05) is 20.8 Å². The van der Waals surface area contributed by atoms with Crippen molar-refractivity contribution < 1.29 is 29.0 Å². The zero-order chi connectivity index (χ0) is 24.8. The van der Waals surface area contributed by atoms with Crippen molar-refractivity contribution in [2.45, 2.75) is 39.2 Å². The molecule has 176 valence electrons. The molecule has 1 atom stereocenters. The second-order valence-corrected chi connectivity index (χ2v) is 9.27. The Balaban J connectivity index is 1.96. The molecule has 1 amide bonds. The Morgan fingerprint density at radius 1 is 1.06 bits per heavy atom. The van der Waals surface area contributed by atoms with Crippen LogP contribution in [0, 0.1) is 6.92 Å². The molecule has 2 heterocycles. The number of carbonyl (C=O) groups excluding carboxylic acids is 2. The number of aliphatic hydroxyl groups is 1. The highest BCUT2D eigenvalue weighted by Gasteiger charge is 2.49. The monoisotopic (exact) mass is 461 g/mol. The van der Waals surface area contributed by atoms with Gasteiger partial charge >= 0.3 is 0 Å². The molecule has 1 unspecified atom stereocenters. The first-order chi connectivity index (χ1) is 16.0. The van der Waals surface area contributed by atoms with E-state index in [0.717, 1.165) is 10.5 Å². The molecular formula is C27H27NO6. The predicted molar refractivity (Wildman–Crippen MR) is 128 cm³/mol. The number of rotatable bonds is 4. The fourth-order valence-corrected chi connectivity index (χ4v) is 4.22. The lowest BCUT2D eigenvalue weighted by atomic mass is 9.84. The molecule has 7 nitrogen and oxygen atoms in total. The van der Waals surface area contributed by atoms with E-state index < -0.39 is 17.7 Å². The third-order valence-electron chi connectivity index (χ3n) is 5.90. The van der Waals surface area contributed by atoms with Crippen LogP contribution in [0.4, 0.5) is 5.69 Å². The van der Waals surface area contributed by atoms with Crippen LogP contribution < -0.4 is 9.64 Å². The molecule has 4 rings (SSSR count). The van der Waals surface area contributed by atoms with Gasteiger partial charge in [-0.25, -0.2) is 0 Å². The van der Waals surface area contributed by atoms with Crippen LogP contribution in [0.5, 0.6) is 11.5 Å². The molecule has 7 heteroatoms. The van der Waals surface area contributed by atoms with E-state index in [9.17, 15) is 19.8 Å². The van der Waals surface area contributed by atoms with E-state index in [-0.39, 0.29) is 28.2 Å². The molecule has 0 saturated carbocycles. The molecule has 2 aromatic carbocycles. The van der Waals surface area contributed by atoms with Crippen LogP contribution in [-0.2, 0) is 15.0 Å². The van der Waals surface area contributed by atoms with Crippen molar-refractivity contribution in [3.63, 3.8) is 0 Å². The highest BCUT2D eigenvalue weighted by molar-refractivity contribution is 6.51. The van der Waals surface area contributed by atoms with Crippen LogP contribution in [-0.4, -0.2) is 29.0 Å². The Hall–Kier alpha value is -4.00. The van der Waals surface area contributed by atoms with Gasteiger partial charge in [0.05, 0.1) is 18.4 Å². The van der Waals surface area contributed by atoms with Crippen molar-refractivity contribution in [1.82, 2.24) is 0 Å². The third-order valence-corrected chi connectivity index (χ3v) is 5.90. The first kappa shape index (κ1) is 23.2. The van der Waals surface area contributed by atoms with Crippen LogP contribution in [0.3, 0.4) is 0 Å². The van der Waals surface area contributed by atoms with Crippen LogP contribution in [0.25, 0.3) is 5.76 Å². The maximum atomic E-state index is 13.3. The van der Waals surface area contributed by atoms with Crippen molar-refractivity contribution in [3.8, 4) is 11.5 Å². The fourth-order valence-electron chi connectivity index (χ4n) is 4.22. The SMILES string of the molecule is COc1ccc(/C(O)=C2/C(=O)C(=O)N(c3ccccc3O)C2c2ccc(C)o2)cc1C(C)(C)C. The van der Waals surface area contributed by atoms with Gasteiger partial charge < -0.3 is 19.4 Å². The number of aromatic hydroxyl groups is 1. The summed E-state index contributed by atoms with van der Waals surface area (Å²) in [5.74, 6) is -0.708. The molecule has 1 fully saturated rings. The van der Waals surface area contributed by atoms with E-state index in [0.29, 0.717) is 22.8 Å². The van der Waals surface area contributed by atoms with Gasteiger partial charge in [0, 0.05) is 11.1 Å². The molecule has 1 aromatic heterocycles. The largest absolute Gasteiger partial charge is 0.507 e. The molecule has 2 N–H and O–H groups in total. The van der Waals surface area contributed by atoms with Crippen molar-refractivity contribution in [2.24, 2.45) is 0 Å². The molecule has 0 aliphatic carbocycles. The van der Waals surface area contributed by atoms with Gasteiger partial charge in [0.15, 0.2) is 0 Å². The second kappa shape index (κ2) is 8.41. The average Bonchev–Trinajstić information content (AvgIpc) is 3.33. The van der Waals surface area contributed by atoms with Crippen molar-refractivity contribution in [1.29, 1.82) is 0 Å². The molecule has 1 aliphatic heterocycles. The summed E-state index contributed by atoms with van der Waals surface area (Å²) in [6, 6.07) is 13.7. The number of ether oxygens (including phenoxy) is 1. The summed E-state index contributed by atoms with van der Waals surface area (Å²) in [4.78, 5) is 27.6. The van der Waals surface area contributed by atoms with Crippen molar-refractivity contribution in [2.75, 3.05) is 12.0 Å². The maximum absolute atomic E-state index is 13.3. The molecule has 3 aromatic rings. The number of nitrogens with zero attached hydrogens (tertiary/aromatic N) is 1. The summed E-state index contributed by atoms with van der Waals surface area (Å²) in [5.41, 5.74) is 0.926. The highest BCUT2D eigenvalue weighted by atomic mass is 16.5. The number of para-hydroxylation sites is 2. The molecule has 0 bridgehead atoms. The van der Waals surface area contributed by atoms with Crippen LogP contribution >= 0.6 is 0 Å². The van der Waals surface area contributed by atoms with Crippen molar-refractivity contribution >= 4 is 23.1 Å². The lowest BCUT2D eigenvalue weighted by Crippen LogP contribution is -2.29. The Bertz CT molecular complexity index is 1310. The molecule has 34 heavy (non-hydrogen) atoms. The number of phenolic OH excluding ortho intramolecular Hbond substituents is 1. The number of phenols is 1. The number of anilines is 1. The highest BCUT2D eigenvalue weighted by Crippen LogP contribution is 2.45. The minimum Gasteiger partial charge on any atom is -0.507 e. The number of aryl methyl sites for hydroxylation is 1. The molecular weight excluding hydrogens is 434 g/mol. The molecule has 1 aliphatic rings. The minimum absolute atomic E-state index is 0.118. The van der Waals surface area contributed by atoms with E-state index in [1.54, 1.807) is 56.5 Å². The number of carbonyl (C=O) groups is 2. The summed E-state index contributed by atoms with van der Waals surface area (Å²) in [6.45, 7) is 7.78. The Morgan fingerprint density at radius 2 is 1.76 bits per heavy atom. The number of ketones is 1. The van der Waals surface area contributed by atoms with E-state index in [4.69, 9.17) is 9.15 Å². The summed E-state index contributed by atoms with van der Waals surface area (Å²) in [6.07, 6.45) is 0. The Morgan fingerprint density at radius 3 is 2.35 bits per heavy atom.